The molecule has 0 spiro atoms. The van der Waals surface area contributed by atoms with Gasteiger partial charge in [-0.3, -0.25) is 0 Å². The number of aryl methyl sites for hydroxylation is 1. The molecule has 3 aliphatic rings. The second-order valence-electron chi connectivity index (χ2n) is 7.56. The number of hydrogen-bond acceptors (Lipinski definition) is 4. The number of ether oxygens (including phenoxy) is 1. The molecule has 2 saturated heterocycles. The van der Waals surface area contributed by atoms with Crippen molar-refractivity contribution in [2.45, 2.75) is 44.6 Å². The number of carbonyl (C=O) groups excluding carboxylic acids is 1. The molecule has 8 heteroatoms. The molecule has 0 atom stereocenters. The van der Waals surface area contributed by atoms with Gasteiger partial charge in [0.1, 0.15) is 5.75 Å². The van der Waals surface area contributed by atoms with E-state index in [0.29, 0.717) is 44.6 Å². The average molecular weight is 394 g/mol. The van der Waals surface area contributed by atoms with Crippen molar-refractivity contribution in [1.29, 1.82) is 0 Å². The fourth-order valence-electron chi connectivity index (χ4n) is 4.56. The van der Waals surface area contributed by atoms with E-state index in [9.17, 15) is 13.2 Å². The molecule has 0 unspecified atom stereocenters. The Morgan fingerprint density at radius 3 is 2.59 bits per heavy atom. The van der Waals surface area contributed by atoms with Crippen molar-refractivity contribution in [3.8, 4) is 5.75 Å². The van der Waals surface area contributed by atoms with E-state index < -0.39 is 10.0 Å². The van der Waals surface area contributed by atoms with Gasteiger partial charge in [0.05, 0.1) is 18.6 Å². The molecule has 0 aromatic heterocycles. The molecule has 2 amide bonds. The molecule has 1 aromatic rings. The van der Waals surface area contributed by atoms with E-state index >= 15 is 0 Å². The lowest BCUT2D eigenvalue weighted by molar-refractivity contribution is 0.170. The highest BCUT2D eigenvalue weighted by atomic mass is 32.2. The summed E-state index contributed by atoms with van der Waals surface area (Å²) in [5.41, 5.74) is 3.26. The first-order valence-corrected chi connectivity index (χ1v) is 11.3. The van der Waals surface area contributed by atoms with Crippen LogP contribution in [0, 0.1) is 0 Å². The third-order valence-corrected chi connectivity index (χ3v) is 7.99. The first kappa shape index (κ1) is 18.6. The number of sulfonamides is 1. The zero-order chi connectivity index (χ0) is 19.0. The summed E-state index contributed by atoms with van der Waals surface area (Å²) in [5.74, 6) is 0.953. The van der Waals surface area contributed by atoms with Crippen molar-refractivity contribution >= 4 is 21.7 Å². The number of urea groups is 1. The van der Waals surface area contributed by atoms with Crippen LogP contribution in [0.3, 0.4) is 0 Å². The Labute approximate surface area is 160 Å². The molecule has 2 aliphatic heterocycles. The molecule has 0 bridgehead atoms. The van der Waals surface area contributed by atoms with Gasteiger partial charge in [-0.25, -0.2) is 13.2 Å². The summed E-state index contributed by atoms with van der Waals surface area (Å²) in [6, 6.07) is 3.90. The van der Waals surface area contributed by atoms with Gasteiger partial charge in [0.2, 0.25) is 10.0 Å². The van der Waals surface area contributed by atoms with Crippen LogP contribution in [-0.2, 0) is 22.9 Å². The van der Waals surface area contributed by atoms with Crippen molar-refractivity contribution in [3.05, 3.63) is 23.3 Å². The Balaban J connectivity index is 1.42. The highest BCUT2D eigenvalue weighted by molar-refractivity contribution is 7.89. The van der Waals surface area contributed by atoms with E-state index in [4.69, 9.17) is 4.74 Å². The molecule has 1 N–H and O–H groups in total. The number of anilines is 1. The topological polar surface area (TPSA) is 79.0 Å². The number of fused-ring (bicyclic) bond motifs is 1. The van der Waals surface area contributed by atoms with E-state index in [0.717, 1.165) is 24.9 Å². The van der Waals surface area contributed by atoms with E-state index in [-0.39, 0.29) is 17.8 Å². The number of methoxy groups -OCH3 is 1. The minimum absolute atomic E-state index is 0.0251. The summed E-state index contributed by atoms with van der Waals surface area (Å²) in [4.78, 5) is 14.6. The van der Waals surface area contributed by atoms with Gasteiger partial charge in [-0.2, -0.15) is 4.31 Å². The lowest BCUT2D eigenvalue weighted by atomic mass is 10.0. The van der Waals surface area contributed by atoms with Gasteiger partial charge in [0, 0.05) is 25.7 Å². The molecule has 1 aromatic carbocycles. The Morgan fingerprint density at radius 2 is 1.93 bits per heavy atom. The van der Waals surface area contributed by atoms with Crippen LogP contribution in [-0.4, -0.2) is 62.2 Å². The summed E-state index contributed by atoms with van der Waals surface area (Å²) >= 11 is 0. The van der Waals surface area contributed by atoms with Crippen molar-refractivity contribution in [2.75, 3.05) is 37.8 Å². The fraction of sp³-hybridized carbons (Fsp3) is 0.632. The van der Waals surface area contributed by atoms with Crippen LogP contribution >= 0.6 is 0 Å². The molecule has 27 heavy (non-hydrogen) atoms. The second kappa shape index (κ2) is 7.31. The van der Waals surface area contributed by atoms with Crippen LogP contribution < -0.4 is 10.1 Å². The Kier molecular flexibility index (Phi) is 5.03. The lowest BCUT2D eigenvalue weighted by Crippen LogP contribution is -2.48. The molecule has 2 heterocycles. The van der Waals surface area contributed by atoms with Gasteiger partial charge in [-0.1, -0.05) is 6.07 Å². The SMILES string of the molecule is COc1ccc2c(c1NC(=O)N1CCC(N3CCCS3(=O)=O)CC1)CCC2. The predicted molar refractivity (Wildman–Crippen MR) is 104 cm³/mol. The number of hydrogen-bond donors (Lipinski definition) is 1. The Hall–Kier alpha value is -1.80. The van der Waals surface area contributed by atoms with E-state index in [1.54, 1.807) is 16.3 Å². The quantitative estimate of drug-likeness (QED) is 0.854. The second-order valence-corrected chi connectivity index (χ2v) is 9.60. The highest BCUT2D eigenvalue weighted by Crippen LogP contribution is 2.36. The third kappa shape index (κ3) is 3.52. The average Bonchev–Trinajstić information content (AvgIpc) is 3.28. The van der Waals surface area contributed by atoms with Crippen LogP contribution in [0.1, 0.15) is 36.8 Å². The van der Waals surface area contributed by atoms with Crippen LogP contribution in [0.4, 0.5) is 10.5 Å². The minimum atomic E-state index is -3.09. The van der Waals surface area contributed by atoms with Crippen LogP contribution in [0.25, 0.3) is 0 Å². The van der Waals surface area contributed by atoms with E-state index in [1.165, 1.54) is 11.1 Å². The highest BCUT2D eigenvalue weighted by Gasteiger charge is 2.37. The zero-order valence-electron chi connectivity index (χ0n) is 15.7. The number of rotatable bonds is 3. The maximum absolute atomic E-state index is 12.8. The molecule has 148 valence electrons. The molecule has 7 nitrogen and oxygen atoms in total. The first-order chi connectivity index (χ1) is 13.0. The smallest absolute Gasteiger partial charge is 0.321 e. The van der Waals surface area contributed by atoms with Gasteiger partial charge < -0.3 is 15.0 Å². The summed E-state index contributed by atoms with van der Waals surface area (Å²) < 4.78 is 31.3. The molecular weight excluding hydrogens is 366 g/mol. The normalized spacial score (nSPS) is 22.6. The summed E-state index contributed by atoms with van der Waals surface area (Å²) in [7, 11) is -1.47. The Bertz CT molecular complexity index is 832. The number of benzene rings is 1. The molecule has 0 radical (unpaired) electrons. The van der Waals surface area contributed by atoms with Crippen LogP contribution in [0.5, 0.6) is 5.75 Å². The molecule has 1 aliphatic carbocycles. The van der Waals surface area contributed by atoms with E-state index in [2.05, 4.69) is 11.4 Å². The van der Waals surface area contributed by atoms with Crippen molar-refractivity contribution in [3.63, 3.8) is 0 Å². The molecule has 2 fully saturated rings. The van der Waals surface area contributed by atoms with Crippen LogP contribution in [0.2, 0.25) is 0 Å². The number of amides is 2. The number of piperidine rings is 1. The molecule has 4 rings (SSSR count). The van der Waals surface area contributed by atoms with Crippen molar-refractivity contribution in [2.24, 2.45) is 0 Å². The fourth-order valence-corrected chi connectivity index (χ4v) is 6.36. The van der Waals surface area contributed by atoms with Gasteiger partial charge in [-0.15, -0.1) is 0 Å². The van der Waals surface area contributed by atoms with E-state index in [1.807, 2.05) is 6.07 Å². The van der Waals surface area contributed by atoms with Crippen LogP contribution in [0.15, 0.2) is 12.1 Å². The zero-order valence-corrected chi connectivity index (χ0v) is 16.6. The maximum atomic E-state index is 12.8. The standard InChI is InChI=1S/C19H27N3O4S/c1-26-17-7-6-14-4-2-5-16(14)18(17)20-19(23)21-11-8-15(9-12-21)22-10-3-13-27(22,24)25/h6-7,15H,2-5,8-13H2,1H3,(H,20,23). The maximum Gasteiger partial charge on any atom is 0.321 e. The van der Waals surface area contributed by atoms with Gasteiger partial charge >= 0.3 is 6.03 Å². The summed E-state index contributed by atoms with van der Waals surface area (Å²) in [6.07, 6.45) is 5.19. The van der Waals surface area contributed by atoms with Gasteiger partial charge in [0.25, 0.3) is 0 Å². The Morgan fingerprint density at radius 1 is 1.15 bits per heavy atom. The van der Waals surface area contributed by atoms with Gasteiger partial charge in [0.15, 0.2) is 0 Å². The molecular formula is C19H27N3O4S. The summed E-state index contributed by atoms with van der Waals surface area (Å²) in [5, 5.41) is 3.06. The minimum Gasteiger partial charge on any atom is -0.495 e. The molecule has 0 saturated carbocycles. The lowest BCUT2D eigenvalue weighted by Gasteiger charge is -2.36. The number of carbonyl (C=O) groups is 1. The third-order valence-electron chi connectivity index (χ3n) is 5.99. The number of nitrogens with one attached hydrogen (secondary N) is 1. The van der Waals surface area contributed by atoms with Crippen molar-refractivity contribution < 1.29 is 17.9 Å². The summed E-state index contributed by atoms with van der Waals surface area (Å²) in [6.45, 7) is 1.76. The van der Waals surface area contributed by atoms with Gasteiger partial charge in [-0.05, 0) is 55.7 Å². The van der Waals surface area contributed by atoms with Crippen molar-refractivity contribution in [1.82, 2.24) is 9.21 Å². The number of nitrogens with zero attached hydrogens (tertiary/aromatic N) is 2. The number of likely N-dealkylation sites (tertiary alicyclic amines) is 1. The monoisotopic (exact) mass is 393 g/mol. The first-order valence-electron chi connectivity index (χ1n) is 9.74. The largest absolute Gasteiger partial charge is 0.495 e. The predicted octanol–water partition coefficient (Wildman–Crippen LogP) is 2.22.